The minimum Gasteiger partial charge on any atom is -0.480 e. The third kappa shape index (κ3) is 4.79. The zero-order valence-electron chi connectivity index (χ0n) is 10.5. The third-order valence-corrected chi connectivity index (χ3v) is 2.32. The summed E-state index contributed by atoms with van der Waals surface area (Å²) in [6.07, 6.45) is -0.401. The van der Waals surface area contributed by atoms with Crippen molar-refractivity contribution in [3.63, 3.8) is 0 Å². The average molecular weight is 265 g/mol. The minimum atomic E-state index is -1.30. The van der Waals surface area contributed by atoms with Crippen molar-refractivity contribution in [1.82, 2.24) is 5.32 Å². The number of hydrogen-bond acceptors (Lipinski definition) is 4. The monoisotopic (exact) mass is 265 g/mol. The molecule has 6 nitrogen and oxygen atoms in total. The van der Waals surface area contributed by atoms with Gasteiger partial charge >= 0.3 is 11.9 Å². The van der Waals surface area contributed by atoms with Crippen LogP contribution in [0.4, 0.5) is 0 Å². The standard InChI is InChI=1S/C13H15NO5/c1-2-19-11(15)8-10(13(17)18)14-12(16)9-6-4-3-5-7-9/h3-7,10H,2,8H2,1H3,(H,14,16)(H,17,18)/t10-/m0/s1. The minimum absolute atomic E-state index is 0.164. The van der Waals surface area contributed by atoms with E-state index < -0.39 is 30.3 Å². The van der Waals surface area contributed by atoms with Crippen LogP contribution in [0.5, 0.6) is 0 Å². The number of carboxylic acids is 1. The molecule has 1 aromatic rings. The molecule has 0 aliphatic heterocycles. The molecule has 1 rings (SSSR count). The summed E-state index contributed by atoms with van der Waals surface area (Å²) in [6, 6.07) is 6.87. The highest BCUT2D eigenvalue weighted by Gasteiger charge is 2.24. The number of amides is 1. The number of carboxylic acid groups (broad SMARTS) is 1. The Labute approximate surface area is 110 Å². The van der Waals surface area contributed by atoms with Crippen molar-refractivity contribution in [3.8, 4) is 0 Å². The molecule has 0 saturated carbocycles. The lowest BCUT2D eigenvalue weighted by atomic mass is 10.1. The van der Waals surface area contributed by atoms with E-state index in [1.54, 1.807) is 37.3 Å². The summed E-state index contributed by atoms with van der Waals surface area (Å²) in [7, 11) is 0. The zero-order valence-corrected chi connectivity index (χ0v) is 10.5. The highest BCUT2D eigenvalue weighted by molar-refractivity contribution is 5.97. The largest absolute Gasteiger partial charge is 0.480 e. The molecule has 102 valence electrons. The maximum absolute atomic E-state index is 11.8. The van der Waals surface area contributed by atoms with Crippen LogP contribution in [0.25, 0.3) is 0 Å². The molecule has 0 fully saturated rings. The van der Waals surface area contributed by atoms with Crippen molar-refractivity contribution >= 4 is 17.8 Å². The van der Waals surface area contributed by atoms with Crippen LogP contribution < -0.4 is 5.32 Å². The van der Waals surface area contributed by atoms with Gasteiger partial charge in [-0.1, -0.05) is 18.2 Å². The molecular formula is C13H15NO5. The first-order chi connectivity index (χ1) is 9.04. The summed E-state index contributed by atoms with van der Waals surface area (Å²) in [4.78, 5) is 34.0. The predicted octanol–water partition coefficient (Wildman–Crippen LogP) is 0.823. The first-order valence-corrected chi connectivity index (χ1v) is 5.79. The molecule has 0 spiro atoms. The Kier molecular flexibility index (Phi) is 5.53. The predicted molar refractivity (Wildman–Crippen MR) is 66.6 cm³/mol. The lowest BCUT2D eigenvalue weighted by Gasteiger charge is -2.13. The second kappa shape index (κ2) is 7.15. The van der Waals surface area contributed by atoms with Crippen molar-refractivity contribution in [2.75, 3.05) is 6.61 Å². The summed E-state index contributed by atoms with van der Waals surface area (Å²) in [6.45, 7) is 1.79. The first-order valence-electron chi connectivity index (χ1n) is 5.79. The van der Waals surface area contributed by atoms with E-state index in [4.69, 9.17) is 5.11 Å². The number of esters is 1. The number of benzene rings is 1. The van der Waals surface area contributed by atoms with Gasteiger partial charge in [0.15, 0.2) is 0 Å². The highest BCUT2D eigenvalue weighted by atomic mass is 16.5. The summed E-state index contributed by atoms with van der Waals surface area (Å²) in [5.41, 5.74) is 0.331. The van der Waals surface area contributed by atoms with Crippen LogP contribution in [0, 0.1) is 0 Å². The van der Waals surface area contributed by atoms with Gasteiger partial charge in [-0.05, 0) is 19.1 Å². The molecule has 0 heterocycles. The zero-order chi connectivity index (χ0) is 14.3. The number of aliphatic carboxylic acids is 1. The van der Waals surface area contributed by atoms with Gasteiger partial charge in [0.1, 0.15) is 6.04 Å². The molecule has 1 amide bonds. The summed E-state index contributed by atoms with van der Waals surface area (Å²) < 4.78 is 4.66. The number of carbonyl (C=O) groups excluding carboxylic acids is 2. The number of nitrogens with one attached hydrogen (secondary N) is 1. The number of hydrogen-bond donors (Lipinski definition) is 2. The Morgan fingerprint density at radius 2 is 1.89 bits per heavy atom. The van der Waals surface area contributed by atoms with Crippen molar-refractivity contribution in [3.05, 3.63) is 35.9 Å². The normalized spacial score (nSPS) is 11.4. The van der Waals surface area contributed by atoms with E-state index in [-0.39, 0.29) is 6.61 Å². The first kappa shape index (κ1) is 14.7. The Hall–Kier alpha value is -2.37. The second-order valence-electron chi connectivity index (χ2n) is 3.74. The average Bonchev–Trinajstić information content (AvgIpc) is 2.39. The molecule has 2 N–H and O–H groups in total. The summed E-state index contributed by atoms with van der Waals surface area (Å²) >= 11 is 0. The van der Waals surface area contributed by atoms with Crippen LogP contribution >= 0.6 is 0 Å². The molecule has 1 aromatic carbocycles. The van der Waals surface area contributed by atoms with Crippen molar-refractivity contribution in [2.24, 2.45) is 0 Å². The fraction of sp³-hybridized carbons (Fsp3) is 0.308. The summed E-state index contributed by atoms with van der Waals surface area (Å²) in [5.74, 6) is -2.49. The number of carbonyl (C=O) groups is 3. The van der Waals surface area contributed by atoms with E-state index in [1.165, 1.54) is 0 Å². The molecular weight excluding hydrogens is 250 g/mol. The Bertz CT molecular complexity index is 457. The maximum Gasteiger partial charge on any atom is 0.326 e. The molecule has 0 aromatic heterocycles. The van der Waals surface area contributed by atoms with E-state index in [0.29, 0.717) is 5.56 Å². The van der Waals surface area contributed by atoms with Gasteiger partial charge in [-0.2, -0.15) is 0 Å². The van der Waals surface area contributed by atoms with Gasteiger partial charge in [-0.15, -0.1) is 0 Å². The van der Waals surface area contributed by atoms with Gasteiger partial charge in [0, 0.05) is 5.56 Å². The maximum atomic E-state index is 11.8. The molecule has 0 aliphatic carbocycles. The van der Waals surface area contributed by atoms with Crippen molar-refractivity contribution in [2.45, 2.75) is 19.4 Å². The van der Waals surface area contributed by atoms with Gasteiger partial charge in [-0.25, -0.2) is 4.79 Å². The van der Waals surface area contributed by atoms with Gasteiger partial charge < -0.3 is 15.2 Å². The van der Waals surface area contributed by atoms with E-state index in [0.717, 1.165) is 0 Å². The number of ether oxygens (including phenoxy) is 1. The molecule has 0 unspecified atom stereocenters. The van der Waals surface area contributed by atoms with Gasteiger partial charge in [0.2, 0.25) is 0 Å². The lowest BCUT2D eigenvalue weighted by Crippen LogP contribution is -2.42. The Morgan fingerprint density at radius 1 is 1.26 bits per heavy atom. The van der Waals surface area contributed by atoms with Crippen molar-refractivity contribution in [1.29, 1.82) is 0 Å². The van der Waals surface area contributed by atoms with E-state index in [1.807, 2.05) is 0 Å². The Morgan fingerprint density at radius 3 is 2.42 bits per heavy atom. The Balaban J connectivity index is 2.66. The van der Waals surface area contributed by atoms with E-state index >= 15 is 0 Å². The SMILES string of the molecule is CCOC(=O)C[C@H](NC(=O)c1ccccc1)C(=O)O. The molecule has 1 atom stereocenters. The van der Waals surface area contributed by atoms with Gasteiger partial charge in [-0.3, -0.25) is 9.59 Å². The van der Waals surface area contributed by atoms with Crippen LogP contribution in [0.2, 0.25) is 0 Å². The fourth-order valence-electron chi connectivity index (χ4n) is 1.42. The second-order valence-corrected chi connectivity index (χ2v) is 3.74. The smallest absolute Gasteiger partial charge is 0.326 e. The van der Waals surface area contributed by atoms with Crippen LogP contribution in [-0.2, 0) is 14.3 Å². The quantitative estimate of drug-likeness (QED) is 0.743. The topological polar surface area (TPSA) is 92.7 Å². The number of rotatable bonds is 6. The van der Waals surface area contributed by atoms with Crippen LogP contribution in [-0.4, -0.2) is 35.6 Å². The van der Waals surface area contributed by atoms with E-state index in [2.05, 4.69) is 10.1 Å². The van der Waals surface area contributed by atoms with Crippen LogP contribution in [0.3, 0.4) is 0 Å². The van der Waals surface area contributed by atoms with Gasteiger partial charge in [0.25, 0.3) is 5.91 Å². The van der Waals surface area contributed by atoms with Crippen LogP contribution in [0.1, 0.15) is 23.7 Å². The lowest BCUT2D eigenvalue weighted by molar-refractivity contribution is -0.149. The molecule has 0 bridgehead atoms. The summed E-state index contributed by atoms with van der Waals surface area (Å²) in [5, 5.41) is 11.2. The highest BCUT2D eigenvalue weighted by Crippen LogP contribution is 2.02. The molecule has 0 radical (unpaired) electrons. The molecule has 0 saturated heterocycles. The van der Waals surface area contributed by atoms with Gasteiger partial charge in [0.05, 0.1) is 13.0 Å². The molecule has 19 heavy (non-hydrogen) atoms. The van der Waals surface area contributed by atoms with E-state index in [9.17, 15) is 14.4 Å². The van der Waals surface area contributed by atoms with Crippen molar-refractivity contribution < 1.29 is 24.2 Å². The fourth-order valence-corrected chi connectivity index (χ4v) is 1.42. The molecule has 0 aliphatic rings. The molecule has 6 heteroatoms. The van der Waals surface area contributed by atoms with Crippen LogP contribution in [0.15, 0.2) is 30.3 Å². The third-order valence-electron chi connectivity index (χ3n) is 2.32.